The Bertz CT molecular complexity index is 1050. The van der Waals surface area contributed by atoms with Crippen LogP contribution >= 0.6 is 0 Å². The molecular formula is C20H26FN7O3. The molecule has 3 heterocycles. The highest BCUT2D eigenvalue weighted by molar-refractivity contribution is 5.67. The van der Waals surface area contributed by atoms with Crippen molar-refractivity contribution in [3.63, 3.8) is 0 Å². The summed E-state index contributed by atoms with van der Waals surface area (Å²) >= 11 is 0. The van der Waals surface area contributed by atoms with Gasteiger partial charge in [0.1, 0.15) is 17.9 Å². The van der Waals surface area contributed by atoms with Gasteiger partial charge in [-0.1, -0.05) is 0 Å². The van der Waals surface area contributed by atoms with Crippen LogP contribution in [0.25, 0.3) is 5.65 Å². The van der Waals surface area contributed by atoms with E-state index in [-0.39, 0.29) is 6.04 Å². The molecule has 3 aromatic rings. The van der Waals surface area contributed by atoms with Crippen molar-refractivity contribution in [1.82, 2.24) is 29.9 Å². The fourth-order valence-corrected chi connectivity index (χ4v) is 3.76. The average Bonchev–Trinajstić information content (AvgIpc) is 3.41. The number of nitrogens with zero attached hydrogens (tertiary/aromatic N) is 4. The number of ether oxygens (including phenoxy) is 2. The summed E-state index contributed by atoms with van der Waals surface area (Å²) in [5, 5.41) is 12.9. The Balaban J connectivity index is 1.44. The number of rotatable bonds is 7. The van der Waals surface area contributed by atoms with Crippen LogP contribution in [0.3, 0.4) is 0 Å². The lowest BCUT2D eigenvalue weighted by molar-refractivity contribution is 0.0555. The van der Waals surface area contributed by atoms with E-state index >= 15 is 0 Å². The highest BCUT2D eigenvalue weighted by atomic mass is 19.1. The smallest absolute Gasteiger partial charge is 0.407 e. The van der Waals surface area contributed by atoms with Gasteiger partial charge < -0.3 is 20.1 Å². The fraction of sp³-hybridized carbons (Fsp3) is 0.500. The molecule has 0 saturated heterocycles. The van der Waals surface area contributed by atoms with Gasteiger partial charge in [-0.2, -0.15) is 5.10 Å². The molecule has 1 aliphatic carbocycles. The Morgan fingerprint density at radius 3 is 3.03 bits per heavy atom. The number of alkyl halides is 1. The molecule has 0 aliphatic heterocycles. The lowest BCUT2D eigenvalue weighted by Crippen LogP contribution is -2.36. The number of nitrogens with one attached hydrogen (secondary N) is 3. The van der Waals surface area contributed by atoms with Crippen molar-refractivity contribution in [3.8, 4) is 0 Å². The van der Waals surface area contributed by atoms with Crippen molar-refractivity contribution in [1.29, 1.82) is 0 Å². The number of imidazole rings is 1. The van der Waals surface area contributed by atoms with Gasteiger partial charge in [-0.15, -0.1) is 0 Å². The van der Waals surface area contributed by atoms with Crippen LogP contribution in [0.15, 0.2) is 24.5 Å². The molecule has 3 atom stereocenters. The second kappa shape index (κ2) is 8.88. The zero-order valence-electron chi connectivity index (χ0n) is 17.6. The van der Waals surface area contributed by atoms with Crippen LogP contribution in [0.1, 0.15) is 44.0 Å². The third-order valence-corrected chi connectivity index (χ3v) is 5.13. The zero-order valence-corrected chi connectivity index (χ0v) is 17.6. The number of carbonyl (C=O) groups excluding carboxylic acids is 1. The molecule has 0 bridgehead atoms. The monoisotopic (exact) mass is 431 g/mol. The van der Waals surface area contributed by atoms with Gasteiger partial charge in [-0.3, -0.25) is 9.50 Å². The SMILES string of the molecule is COCc1cn2c(Nc3cc([C@H]4CC[C@@H](OC(=O)NC(C)C)[C@@H]4F)[nH]n3)nccc2n1. The maximum absolute atomic E-state index is 14.9. The molecule has 0 aromatic carbocycles. The minimum atomic E-state index is -1.31. The summed E-state index contributed by atoms with van der Waals surface area (Å²) in [6, 6.07) is 3.48. The predicted molar refractivity (Wildman–Crippen MR) is 111 cm³/mol. The Morgan fingerprint density at radius 2 is 2.26 bits per heavy atom. The van der Waals surface area contributed by atoms with E-state index in [0.29, 0.717) is 36.9 Å². The Hall–Kier alpha value is -3.21. The van der Waals surface area contributed by atoms with Gasteiger partial charge in [0.25, 0.3) is 0 Å². The summed E-state index contributed by atoms with van der Waals surface area (Å²) in [5.74, 6) is 0.608. The topological polar surface area (TPSA) is 118 Å². The number of aromatic amines is 1. The van der Waals surface area contributed by atoms with Crippen LogP contribution in [0, 0.1) is 0 Å². The summed E-state index contributed by atoms with van der Waals surface area (Å²) < 4.78 is 27.1. The number of hydrogen-bond acceptors (Lipinski definition) is 7. The quantitative estimate of drug-likeness (QED) is 0.526. The number of halogens is 1. The van der Waals surface area contributed by atoms with Crippen molar-refractivity contribution >= 4 is 23.5 Å². The van der Waals surface area contributed by atoms with Crippen LogP contribution in [0.4, 0.5) is 21.0 Å². The number of fused-ring (bicyclic) bond motifs is 1. The summed E-state index contributed by atoms with van der Waals surface area (Å²) in [5.41, 5.74) is 2.14. The molecule has 10 nitrogen and oxygen atoms in total. The van der Waals surface area contributed by atoms with Crippen LogP contribution in [0.5, 0.6) is 0 Å². The number of alkyl carbamates (subject to hydrolysis) is 1. The van der Waals surface area contributed by atoms with Crippen molar-refractivity contribution in [3.05, 3.63) is 35.9 Å². The number of carbonyl (C=O) groups is 1. The van der Waals surface area contributed by atoms with Gasteiger partial charge in [0.05, 0.1) is 12.3 Å². The van der Waals surface area contributed by atoms with Gasteiger partial charge in [0.2, 0.25) is 5.95 Å². The van der Waals surface area contributed by atoms with E-state index in [9.17, 15) is 9.18 Å². The summed E-state index contributed by atoms with van der Waals surface area (Å²) in [4.78, 5) is 20.6. The van der Waals surface area contributed by atoms with Crippen molar-refractivity contribution in [2.45, 2.75) is 57.5 Å². The normalized spacial score (nSPS) is 21.0. The molecular weight excluding hydrogens is 405 g/mol. The van der Waals surface area contributed by atoms with Gasteiger partial charge in [-0.05, 0) is 32.8 Å². The molecule has 3 N–H and O–H groups in total. The number of hydrogen-bond donors (Lipinski definition) is 3. The van der Waals surface area contributed by atoms with Gasteiger partial charge in [0.15, 0.2) is 5.82 Å². The third kappa shape index (κ3) is 4.61. The molecule has 1 amide bonds. The molecule has 0 radical (unpaired) electrons. The highest BCUT2D eigenvalue weighted by Crippen LogP contribution is 2.38. The molecule has 0 spiro atoms. The standard InChI is InChI=1S/C20H26FN7O3/c1-11(2)23-20(29)31-15-5-4-13(18(15)21)14-8-16(27-26-14)25-19-22-7-6-17-24-12(10-30-3)9-28(17)19/h6-9,11,13,15,18H,4-5,10H2,1-3H3,(H,23,29)(H2,22,25,26,27)/t13-,15-,18-/m1/s1. The molecule has 3 aromatic heterocycles. The number of anilines is 2. The first-order chi connectivity index (χ1) is 14.9. The average molecular weight is 431 g/mol. The summed E-state index contributed by atoms with van der Waals surface area (Å²) in [6.45, 7) is 4.04. The lowest BCUT2D eigenvalue weighted by Gasteiger charge is -2.18. The maximum atomic E-state index is 14.9. The number of methoxy groups -OCH3 is 1. The Morgan fingerprint density at radius 1 is 1.42 bits per heavy atom. The molecule has 166 valence electrons. The first-order valence-electron chi connectivity index (χ1n) is 10.2. The van der Waals surface area contributed by atoms with E-state index in [1.165, 1.54) is 0 Å². The van der Waals surface area contributed by atoms with Crippen LogP contribution < -0.4 is 10.6 Å². The molecule has 1 aliphatic rings. The zero-order chi connectivity index (χ0) is 22.0. The van der Waals surface area contributed by atoms with E-state index in [4.69, 9.17) is 9.47 Å². The van der Waals surface area contributed by atoms with Gasteiger partial charge >= 0.3 is 6.09 Å². The van der Waals surface area contributed by atoms with Crippen molar-refractivity contribution in [2.24, 2.45) is 0 Å². The summed E-state index contributed by atoms with van der Waals surface area (Å²) in [6.07, 6.45) is 1.81. The Kier molecular flexibility index (Phi) is 6.03. The van der Waals surface area contributed by atoms with Gasteiger partial charge in [0, 0.05) is 43.2 Å². The lowest BCUT2D eigenvalue weighted by atomic mass is 10.0. The minimum Gasteiger partial charge on any atom is -0.443 e. The van der Waals surface area contributed by atoms with Gasteiger partial charge in [-0.25, -0.2) is 19.2 Å². The Labute approximate surface area is 178 Å². The molecule has 1 saturated carbocycles. The van der Waals surface area contributed by atoms with Crippen molar-refractivity contribution < 1.29 is 18.7 Å². The second-order valence-corrected chi connectivity index (χ2v) is 7.87. The molecule has 31 heavy (non-hydrogen) atoms. The number of amides is 1. The van der Waals surface area contributed by atoms with Crippen molar-refractivity contribution in [2.75, 3.05) is 12.4 Å². The number of H-pyrrole nitrogens is 1. The van der Waals surface area contributed by atoms with Crippen LogP contribution in [0.2, 0.25) is 0 Å². The third-order valence-electron chi connectivity index (χ3n) is 5.13. The van der Waals surface area contributed by atoms with E-state index in [0.717, 1.165) is 11.3 Å². The van der Waals surface area contributed by atoms with E-state index < -0.39 is 24.3 Å². The van der Waals surface area contributed by atoms with E-state index in [1.807, 2.05) is 20.0 Å². The molecule has 0 unspecified atom stereocenters. The molecule has 11 heteroatoms. The molecule has 1 fully saturated rings. The van der Waals surface area contributed by atoms with Crippen LogP contribution in [-0.4, -0.2) is 56.1 Å². The largest absolute Gasteiger partial charge is 0.443 e. The minimum absolute atomic E-state index is 0.0665. The maximum Gasteiger partial charge on any atom is 0.407 e. The van der Waals surface area contributed by atoms with Crippen LogP contribution in [-0.2, 0) is 16.1 Å². The van der Waals surface area contributed by atoms with E-state index in [2.05, 4.69) is 30.8 Å². The second-order valence-electron chi connectivity index (χ2n) is 7.87. The first kappa shape index (κ1) is 21.0. The highest BCUT2D eigenvalue weighted by Gasteiger charge is 2.40. The predicted octanol–water partition coefficient (Wildman–Crippen LogP) is 3.06. The fourth-order valence-electron chi connectivity index (χ4n) is 3.76. The molecule has 4 rings (SSSR count). The van der Waals surface area contributed by atoms with E-state index in [1.54, 1.807) is 29.8 Å². The first-order valence-corrected chi connectivity index (χ1v) is 10.2. The summed E-state index contributed by atoms with van der Waals surface area (Å²) in [7, 11) is 1.61. The number of aromatic nitrogens is 5.